The average Bonchev–Trinajstić information content (AvgIpc) is 3.20. The van der Waals surface area contributed by atoms with Gasteiger partial charge < -0.3 is 14.0 Å². The van der Waals surface area contributed by atoms with Crippen molar-refractivity contribution in [2.45, 2.75) is 26.4 Å². The molecule has 2 aromatic heterocycles. The minimum Gasteiger partial charge on any atom is -0.487 e. The maximum Gasteiger partial charge on any atom is 0.253 e. The van der Waals surface area contributed by atoms with Gasteiger partial charge in [-0.3, -0.25) is 4.79 Å². The van der Waals surface area contributed by atoms with Crippen molar-refractivity contribution in [1.29, 1.82) is 0 Å². The lowest BCUT2D eigenvalue weighted by molar-refractivity contribution is 0.0793. The van der Waals surface area contributed by atoms with Crippen molar-refractivity contribution < 1.29 is 9.53 Å². The topological polar surface area (TPSA) is 46.8 Å². The summed E-state index contributed by atoms with van der Waals surface area (Å²) in [6, 6.07) is 21.7. The number of carbonyl (C=O) groups excluding carboxylic acids is 1. The first-order valence-corrected chi connectivity index (χ1v) is 10.5. The molecule has 0 spiro atoms. The zero-order valence-electron chi connectivity index (χ0n) is 18.0. The van der Waals surface area contributed by atoms with Crippen LogP contribution in [0.25, 0.3) is 5.65 Å². The third-order valence-electron chi connectivity index (χ3n) is 5.27. The van der Waals surface area contributed by atoms with Crippen molar-refractivity contribution in [2.24, 2.45) is 0 Å². The van der Waals surface area contributed by atoms with Crippen molar-refractivity contribution >= 4 is 11.6 Å². The molecule has 0 bridgehead atoms. The highest BCUT2D eigenvalue weighted by Crippen LogP contribution is 2.17. The first kappa shape index (κ1) is 20.7. The molecule has 0 aliphatic heterocycles. The Hall–Kier alpha value is -3.60. The molecule has 5 nitrogen and oxygen atoms in total. The van der Waals surface area contributed by atoms with Crippen LogP contribution in [-0.2, 0) is 13.0 Å². The number of hydrogen-bond donors (Lipinski definition) is 0. The van der Waals surface area contributed by atoms with Crippen LogP contribution >= 0.6 is 0 Å². The summed E-state index contributed by atoms with van der Waals surface area (Å²) in [6.45, 7) is 3.11. The normalized spacial score (nSPS) is 10.9. The monoisotopic (exact) mass is 413 g/mol. The Balaban J connectivity index is 1.33. The number of aromatic nitrogens is 2. The minimum absolute atomic E-state index is 0.00159. The van der Waals surface area contributed by atoms with Crippen LogP contribution in [0.2, 0.25) is 0 Å². The fourth-order valence-electron chi connectivity index (χ4n) is 3.59. The molecule has 0 aliphatic carbocycles. The molecule has 158 valence electrons. The number of hydrogen-bond acceptors (Lipinski definition) is 3. The van der Waals surface area contributed by atoms with Gasteiger partial charge in [-0.25, -0.2) is 4.98 Å². The SMILES string of the molecule is Cc1ccc2nc(COc3cccc(C(=O)N(C)CCCc4ccccc4)c3)cn2c1. The van der Waals surface area contributed by atoms with Gasteiger partial charge in [-0.15, -0.1) is 0 Å². The Morgan fingerprint density at radius 2 is 1.87 bits per heavy atom. The van der Waals surface area contributed by atoms with Crippen LogP contribution < -0.4 is 4.74 Å². The number of benzene rings is 2. The molecular weight excluding hydrogens is 386 g/mol. The Morgan fingerprint density at radius 1 is 1.03 bits per heavy atom. The number of imidazole rings is 1. The molecular formula is C26H27N3O2. The van der Waals surface area contributed by atoms with Crippen molar-refractivity contribution in [3.8, 4) is 5.75 Å². The Morgan fingerprint density at radius 3 is 2.71 bits per heavy atom. The smallest absolute Gasteiger partial charge is 0.253 e. The summed E-state index contributed by atoms with van der Waals surface area (Å²) < 4.78 is 7.91. The summed E-state index contributed by atoms with van der Waals surface area (Å²) in [4.78, 5) is 19.2. The molecule has 5 heteroatoms. The highest BCUT2D eigenvalue weighted by atomic mass is 16.5. The summed E-state index contributed by atoms with van der Waals surface area (Å²) in [5.41, 5.74) is 4.84. The number of amides is 1. The number of rotatable bonds is 8. The molecule has 0 aliphatic rings. The van der Waals surface area contributed by atoms with Crippen LogP contribution in [-0.4, -0.2) is 33.8 Å². The molecule has 0 atom stereocenters. The average molecular weight is 414 g/mol. The van der Waals surface area contributed by atoms with Crippen LogP contribution in [0.15, 0.2) is 79.1 Å². The van der Waals surface area contributed by atoms with E-state index >= 15 is 0 Å². The molecule has 4 rings (SSSR count). The first-order valence-electron chi connectivity index (χ1n) is 10.5. The van der Waals surface area contributed by atoms with E-state index in [1.54, 1.807) is 11.0 Å². The maximum absolute atomic E-state index is 12.8. The van der Waals surface area contributed by atoms with Crippen LogP contribution in [0, 0.1) is 6.92 Å². The van der Waals surface area contributed by atoms with Crippen LogP contribution in [0.1, 0.15) is 33.6 Å². The molecule has 31 heavy (non-hydrogen) atoms. The summed E-state index contributed by atoms with van der Waals surface area (Å²) in [7, 11) is 1.85. The predicted octanol–water partition coefficient (Wildman–Crippen LogP) is 4.93. The van der Waals surface area contributed by atoms with Gasteiger partial charge in [0, 0.05) is 31.5 Å². The lowest BCUT2D eigenvalue weighted by atomic mass is 10.1. The summed E-state index contributed by atoms with van der Waals surface area (Å²) in [5, 5.41) is 0. The van der Waals surface area contributed by atoms with Crippen molar-refractivity contribution in [2.75, 3.05) is 13.6 Å². The maximum atomic E-state index is 12.8. The third kappa shape index (κ3) is 5.31. The molecule has 0 unspecified atom stereocenters. The zero-order valence-corrected chi connectivity index (χ0v) is 18.0. The second-order valence-electron chi connectivity index (χ2n) is 7.84. The van der Waals surface area contributed by atoms with Crippen molar-refractivity contribution in [3.05, 3.63) is 102 Å². The lowest BCUT2D eigenvalue weighted by Gasteiger charge is -2.17. The highest BCUT2D eigenvalue weighted by Gasteiger charge is 2.12. The van der Waals surface area contributed by atoms with Gasteiger partial charge in [0.1, 0.15) is 18.0 Å². The molecule has 0 N–H and O–H groups in total. The lowest BCUT2D eigenvalue weighted by Crippen LogP contribution is -2.28. The van der Waals surface area contributed by atoms with Gasteiger partial charge in [0.25, 0.3) is 5.91 Å². The van der Waals surface area contributed by atoms with Gasteiger partial charge in [0.15, 0.2) is 0 Å². The van der Waals surface area contributed by atoms with E-state index in [2.05, 4.69) is 24.0 Å². The summed E-state index contributed by atoms with van der Waals surface area (Å²) in [6.07, 6.45) is 5.90. The molecule has 2 aromatic carbocycles. The van der Waals surface area contributed by atoms with Gasteiger partial charge in [-0.1, -0.05) is 42.5 Å². The highest BCUT2D eigenvalue weighted by molar-refractivity contribution is 5.94. The van der Waals surface area contributed by atoms with Crippen LogP contribution in [0.5, 0.6) is 5.75 Å². The first-order chi connectivity index (χ1) is 15.1. The molecule has 0 radical (unpaired) electrons. The van der Waals surface area contributed by atoms with E-state index in [0.717, 1.165) is 24.2 Å². The molecule has 0 saturated carbocycles. The largest absolute Gasteiger partial charge is 0.487 e. The summed E-state index contributed by atoms with van der Waals surface area (Å²) >= 11 is 0. The molecule has 4 aromatic rings. The van der Waals surface area contributed by atoms with E-state index in [9.17, 15) is 4.79 Å². The van der Waals surface area contributed by atoms with Crippen molar-refractivity contribution in [3.63, 3.8) is 0 Å². The Labute approximate surface area is 182 Å². The molecule has 1 amide bonds. The number of nitrogens with zero attached hydrogens (tertiary/aromatic N) is 3. The Kier molecular flexibility index (Phi) is 6.32. The van der Waals surface area contributed by atoms with Crippen molar-refractivity contribution in [1.82, 2.24) is 14.3 Å². The van der Waals surface area contributed by atoms with E-state index in [1.165, 1.54) is 11.1 Å². The number of aryl methyl sites for hydroxylation is 2. The fraction of sp³-hybridized carbons (Fsp3) is 0.231. The van der Waals surface area contributed by atoms with Gasteiger partial charge in [-0.05, 0) is 55.2 Å². The van der Waals surface area contributed by atoms with Gasteiger partial charge >= 0.3 is 0 Å². The van der Waals surface area contributed by atoms with Crippen LogP contribution in [0.3, 0.4) is 0 Å². The number of ether oxygens (including phenoxy) is 1. The number of pyridine rings is 1. The van der Waals surface area contributed by atoms with Gasteiger partial charge in [0.05, 0.1) is 5.69 Å². The number of fused-ring (bicyclic) bond motifs is 1. The van der Waals surface area contributed by atoms with E-state index in [0.29, 0.717) is 24.5 Å². The standard InChI is InChI=1S/C26H27N3O2/c1-20-13-14-25-27-23(18-29(25)17-20)19-31-24-12-6-11-22(16-24)26(30)28(2)15-7-10-21-8-4-3-5-9-21/h3-6,8-9,11-14,16-18H,7,10,15,19H2,1-2H3. The van der Waals surface area contributed by atoms with E-state index < -0.39 is 0 Å². The van der Waals surface area contributed by atoms with Gasteiger partial charge in [0.2, 0.25) is 0 Å². The molecule has 2 heterocycles. The second-order valence-corrected chi connectivity index (χ2v) is 7.84. The van der Waals surface area contributed by atoms with E-state index in [4.69, 9.17) is 4.74 Å². The van der Waals surface area contributed by atoms with Crippen LogP contribution in [0.4, 0.5) is 0 Å². The van der Waals surface area contributed by atoms with Gasteiger partial charge in [-0.2, -0.15) is 0 Å². The van der Waals surface area contributed by atoms with E-state index in [1.807, 2.05) is 72.4 Å². The fourth-order valence-corrected chi connectivity index (χ4v) is 3.59. The predicted molar refractivity (Wildman–Crippen MR) is 122 cm³/mol. The number of carbonyl (C=O) groups is 1. The Bertz CT molecular complexity index is 1170. The quantitative estimate of drug-likeness (QED) is 0.412. The van der Waals surface area contributed by atoms with E-state index in [-0.39, 0.29) is 5.91 Å². The zero-order chi connectivity index (χ0) is 21.6. The summed E-state index contributed by atoms with van der Waals surface area (Å²) in [5.74, 6) is 0.665. The minimum atomic E-state index is 0.00159. The molecule has 0 saturated heterocycles. The second kappa shape index (κ2) is 9.47. The molecule has 0 fully saturated rings. The third-order valence-corrected chi connectivity index (χ3v) is 5.27.